The van der Waals surface area contributed by atoms with Crippen LogP contribution in [0.1, 0.15) is 18.4 Å². The van der Waals surface area contributed by atoms with Crippen LogP contribution in [0.5, 0.6) is 0 Å². The Kier molecular flexibility index (Phi) is 5.23. The molecule has 20 heavy (non-hydrogen) atoms. The summed E-state index contributed by atoms with van der Waals surface area (Å²) in [7, 11) is 0. The minimum Gasteiger partial charge on any atom is -0.388 e. The van der Waals surface area contributed by atoms with Crippen molar-refractivity contribution in [2.45, 2.75) is 25.0 Å². The summed E-state index contributed by atoms with van der Waals surface area (Å²) >= 11 is 5.87. The Morgan fingerprint density at radius 3 is 2.80 bits per heavy atom. The molecule has 1 aromatic carbocycles. The quantitative estimate of drug-likeness (QED) is 0.792. The standard InChI is InChI=1S/C14H19ClN2O3/c15-12-3-1-2-11(8-12)9-16-13(18)17-10-14(19)4-6-20-7-5-14/h1-3,8,19H,4-7,9-10H2,(H2,16,17,18). The lowest BCUT2D eigenvalue weighted by atomic mass is 9.94. The molecule has 110 valence electrons. The normalized spacial score (nSPS) is 17.5. The van der Waals surface area contributed by atoms with Crippen LogP contribution in [0.15, 0.2) is 24.3 Å². The topological polar surface area (TPSA) is 70.6 Å². The lowest BCUT2D eigenvalue weighted by molar-refractivity contribution is -0.0600. The monoisotopic (exact) mass is 298 g/mol. The molecule has 0 aromatic heterocycles. The van der Waals surface area contributed by atoms with Crippen LogP contribution in [0.3, 0.4) is 0 Å². The van der Waals surface area contributed by atoms with Crippen LogP contribution >= 0.6 is 11.6 Å². The minimum absolute atomic E-state index is 0.234. The Bertz CT molecular complexity index is 461. The van der Waals surface area contributed by atoms with Gasteiger partial charge in [0.2, 0.25) is 0 Å². The molecule has 3 N–H and O–H groups in total. The number of hydrogen-bond acceptors (Lipinski definition) is 3. The first-order chi connectivity index (χ1) is 9.57. The molecule has 0 radical (unpaired) electrons. The van der Waals surface area contributed by atoms with Gasteiger partial charge in [-0.05, 0) is 17.7 Å². The predicted octanol–water partition coefficient (Wildman–Crippen LogP) is 1.68. The molecule has 1 fully saturated rings. The average molecular weight is 299 g/mol. The lowest BCUT2D eigenvalue weighted by Crippen LogP contribution is -2.48. The number of nitrogens with one attached hydrogen (secondary N) is 2. The number of urea groups is 1. The highest BCUT2D eigenvalue weighted by atomic mass is 35.5. The molecule has 0 unspecified atom stereocenters. The molecule has 1 aromatic rings. The molecule has 1 aliphatic heterocycles. The van der Waals surface area contributed by atoms with Gasteiger partial charge in [-0.3, -0.25) is 0 Å². The Hall–Kier alpha value is -1.30. The third-order valence-corrected chi connectivity index (χ3v) is 3.58. The fraction of sp³-hybridized carbons (Fsp3) is 0.500. The zero-order chi connectivity index (χ0) is 14.4. The van der Waals surface area contributed by atoms with Gasteiger partial charge in [0.15, 0.2) is 0 Å². The number of ether oxygens (including phenoxy) is 1. The van der Waals surface area contributed by atoms with E-state index in [1.807, 2.05) is 12.1 Å². The van der Waals surface area contributed by atoms with Crippen molar-refractivity contribution in [3.8, 4) is 0 Å². The number of hydrogen-bond donors (Lipinski definition) is 3. The maximum Gasteiger partial charge on any atom is 0.315 e. The zero-order valence-electron chi connectivity index (χ0n) is 11.2. The van der Waals surface area contributed by atoms with E-state index in [2.05, 4.69) is 10.6 Å². The number of amides is 2. The molecule has 0 spiro atoms. The maximum atomic E-state index is 11.7. The summed E-state index contributed by atoms with van der Waals surface area (Å²) in [6.45, 7) is 1.69. The van der Waals surface area contributed by atoms with Gasteiger partial charge in [0.05, 0.1) is 5.60 Å². The van der Waals surface area contributed by atoms with E-state index in [1.54, 1.807) is 12.1 Å². The first kappa shape index (κ1) is 15.1. The highest BCUT2D eigenvalue weighted by molar-refractivity contribution is 6.30. The van der Waals surface area contributed by atoms with Crippen molar-refractivity contribution in [1.29, 1.82) is 0 Å². The molecular weight excluding hydrogens is 280 g/mol. The predicted molar refractivity (Wildman–Crippen MR) is 76.7 cm³/mol. The molecule has 0 bridgehead atoms. The average Bonchev–Trinajstić information content (AvgIpc) is 2.44. The Balaban J connectivity index is 1.72. The summed E-state index contributed by atoms with van der Waals surface area (Å²) in [4.78, 5) is 11.7. The lowest BCUT2D eigenvalue weighted by Gasteiger charge is -2.32. The third kappa shape index (κ3) is 4.67. The summed E-state index contributed by atoms with van der Waals surface area (Å²) in [6.07, 6.45) is 1.09. The van der Waals surface area contributed by atoms with E-state index < -0.39 is 5.60 Å². The molecule has 2 amide bonds. The molecule has 6 heteroatoms. The van der Waals surface area contributed by atoms with Crippen LogP contribution in [0.4, 0.5) is 4.79 Å². The van der Waals surface area contributed by atoms with Gasteiger partial charge >= 0.3 is 6.03 Å². The summed E-state index contributed by atoms with van der Waals surface area (Å²) < 4.78 is 5.19. The summed E-state index contributed by atoms with van der Waals surface area (Å²) in [5.74, 6) is 0. The van der Waals surface area contributed by atoms with Crippen molar-refractivity contribution in [3.63, 3.8) is 0 Å². The molecule has 0 atom stereocenters. The van der Waals surface area contributed by atoms with Gasteiger partial charge in [-0.2, -0.15) is 0 Å². The van der Waals surface area contributed by atoms with Crippen LogP contribution in [0.25, 0.3) is 0 Å². The van der Waals surface area contributed by atoms with Crippen molar-refractivity contribution in [3.05, 3.63) is 34.9 Å². The molecule has 0 aliphatic carbocycles. The second-order valence-electron chi connectivity index (χ2n) is 5.00. The molecule has 5 nitrogen and oxygen atoms in total. The van der Waals surface area contributed by atoms with Gasteiger partial charge < -0.3 is 20.5 Å². The van der Waals surface area contributed by atoms with Crippen LogP contribution in [-0.4, -0.2) is 36.5 Å². The van der Waals surface area contributed by atoms with E-state index in [9.17, 15) is 9.90 Å². The number of rotatable bonds is 4. The van der Waals surface area contributed by atoms with E-state index in [1.165, 1.54) is 0 Å². The molecule has 1 saturated heterocycles. The van der Waals surface area contributed by atoms with Gasteiger partial charge in [-0.15, -0.1) is 0 Å². The molecular formula is C14H19ClN2O3. The van der Waals surface area contributed by atoms with Crippen LogP contribution in [-0.2, 0) is 11.3 Å². The zero-order valence-corrected chi connectivity index (χ0v) is 11.9. The van der Waals surface area contributed by atoms with Crippen molar-refractivity contribution in [2.75, 3.05) is 19.8 Å². The number of aliphatic hydroxyl groups is 1. The molecule has 1 aliphatic rings. The second kappa shape index (κ2) is 6.92. The summed E-state index contributed by atoms with van der Waals surface area (Å²) in [6, 6.07) is 7.00. The molecule has 0 saturated carbocycles. The number of benzene rings is 1. The van der Waals surface area contributed by atoms with E-state index in [0.717, 1.165) is 5.56 Å². The maximum absolute atomic E-state index is 11.7. The Morgan fingerprint density at radius 2 is 2.10 bits per heavy atom. The first-order valence-electron chi connectivity index (χ1n) is 6.64. The highest BCUT2D eigenvalue weighted by Crippen LogP contribution is 2.19. The van der Waals surface area contributed by atoms with Gasteiger partial charge in [-0.25, -0.2) is 4.79 Å². The van der Waals surface area contributed by atoms with Crippen LogP contribution < -0.4 is 10.6 Å². The highest BCUT2D eigenvalue weighted by Gasteiger charge is 2.29. The molecule has 2 rings (SSSR count). The Labute approximate surface area is 123 Å². The van der Waals surface area contributed by atoms with E-state index >= 15 is 0 Å². The van der Waals surface area contributed by atoms with E-state index in [4.69, 9.17) is 16.3 Å². The van der Waals surface area contributed by atoms with Gasteiger partial charge in [0, 0.05) is 44.2 Å². The minimum atomic E-state index is -0.856. The van der Waals surface area contributed by atoms with Crippen molar-refractivity contribution >= 4 is 17.6 Å². The first-order valence-corrected chi connectivity index (χ1v) is 7.01. The Morgan fingerprint density at radius 1 is 1.35 bits per heavy atom. The number of halogens is 1. The second-order valence-corrected chi connectivity index (χ2v) is 5.44. The largest absolute Gasteiger partial charge is 0.388 e. The van der Waals surface area contributed by atoms with Crippen molar-refractivity contribution in [2.24, 2.45) is 0 Å². The van der Waals surface area contributed by atoms with E-state index in [0.29, 0.717) is 37.6 Å². The van der Waals surface area contributed by atoms with Gasteiger partial charge in [-0.1, -0.05) is 23.7 Å². The number of carbonyl (C=O) groups is 1. The SMILES string of the molecule is O=C(NCc1cccc(Cl)c1)NCC1(O)CCOCC1. The number of carbonyl (C=O) groups excluding carboxylic acids is 1. The van der Waals surface area contributed by atoms with Crippen LogP contribution in [0, 0.1) is 0 Å². The van der Waals surface area contributed by atoms with Gasteiger partial charge in [0.1, 0.15) is 0 Å². The third-order valence-electron chi connectivity index (χ3n) is 3.34. The van der Waals surface area contributed by atoms with E-state index in [-0.39, 0.29) is 12.6 Å². The summed E-state index contributed by atoms with van der Waals surface area (Å²) in [5.41, 5.74) is 0.0727. The smallest absolute Gasteiger partial charge is 0.315 e. The molecule has 1 heterocycles. The van der Waals surface area contributed by atoms with Crippen molar-refractivity contribution in [1.82, 2.24) is 10.6 Å². The fourth-order valence-electron chi connectivity index (χ4n) is 2.06. The summed E-state index contributed by atoms with van der Waals surface area (Å²) in [5, 5.41) is 16.3. The van der Waals surface area contributed by atoms with Crippen LogP contribution in [0.2, 0.25) is 5.02 Å². The fourth-order valence-corrected chi connectivity index (χ4v) is 2.28. The van der Waals surface area contributed by atoms with Crippen molar-refractivity contribution < 1.29 is 14.6 Å². The van der Waals surface area contributed by atoms with Gasteiger partial charge in [0.25, 0.3) is 0 Å².